The Morgan fingerprint density at radius 3 is 1.35 bits per heavy atom. The molecule has 1 heterocycles. The summed E-state index contributed by atoms with van der Waals surface area (Å²) in [5.74, 6) is 0. The third-order valence-electron chi connectivity index (χ3n) is 5.79. The Kier molecular flexibility index (Phi) is 6.87. The second-order valence-corrected chi connectivity index (χ2v) is 8.43. The minimum atomic E-state index is -4.63. The zero-order valence-electron chi connectivity index (χ0n) is 18.8. The Hall–Kier alpha value is -3.69. The minimum absolute atomic E-state index is 0.139. The second kappa shape index (κ2) is 9.64. The lowest BCUT2D eigenvalue weighted by atomic mass is 9.96. The summed E-state index contributed by atoms with van der Waals surface area (Å²) in [6.07, 6.45) is -10.6. The highest BCUT2D eigenvalue weighted by atomic mass is 19.4. The molecule has 10 heteroatoms. The molecule has 3 aromatic carbocycles. The Morgan fingerprint density at radius 2 is 0.919 bits per heavy atom. The topological polar surface area (TPSA) is 4.93 Å². The van der Waals surface area contributed by atoms with Crippen molar-refractivity contribution in [3.8, 4) is 22.3 Å². The van der Waals surface area contributed by atoms with E-state index in [-0.39, 0.29) is 35.2 Å². The molecular formula is C27H18F9N. The molecule has 0 bridgehead atoms. The molecule has 0 radical (unpaired) electrons. The number of nitrogens with zero attached hydrogens (tertiary/aromatic N) is 1. The average Bonchev–Trinajstić information content (AvgIpc) is 3.26. The Balaban J connectivity index is 1.75. The van der Waals surface area contributed by atoms with Crippen LogP contribution in [0.4, 0.5) is 39.5 Å². The summed E-state index contributed by atoms with van der Waals surface area (Å²) in [5, 5.41) is 0. The van der Waals surface area contributed by atoms with Crippen LogP contribution in [-0.4, -0.2) is 4.57 Å². The summed E-state index contributed by atoms with van der Waals surface area (Å²) in [6.45, 7) is 0.145. The third-order valence-corrected chi connectivity index (χ3v) is 5.79. The van der Waals surface area contributed by atoms with Crippen LogP contribution in [0, 0.1) is 0 Å². The van der Waals surface area contributed by atoms with Gasteiger partial charge >= 0.3 is 18.5 Å². The highest BCUT2D eigenvalue weighted by Gasteiger charge is 2.32. The maximum Gasteiger partial charge on any atom is 0.416 e. The smallest absolute Gasteiger partial charge is 0.353 e. The molecule has 0 unspecified atom stereocenters. The lowest BCUT2D eigenvalue weighted by Crippen LogP contribution is -2.06. The van der Waals surface area contributed by atoms with E-state index in [1.807, 2.05) is 0 Å². The largest absolute Gasteiger partial charge is 0.416 e. The quantitative estimate of drug-likeness (QED) is 0.228. The van der Waals surface area contributed by atoms with Crippen LogP contribution in [0.15, 0.2) is 85.2 Å². The standard InChI is InChI=1S/C27H18F9N/c28-25(29,30)20-7-1-4-17(12-20)10-11-37-15-23(18-5-2-8-21(13-18)26(31,32)33)24(16-37)19-6-3-9-22(14-19)27(34,35)36/h1-9,12-16H,10-11H2. The lowest BCUT2D eigenvalue weighted by Gasteiger charge is -2.11. The fourth-order valence-corrected chi connectivity index (χ4v) is 3.98. The first-order chi connectivity index (χ1) is 17.2. The number of benzene rings is 3. The highest BCUT2D eigenvalue weighted by molar-refractivity contribution is 5.83. The molecule has 0 spiro atoms. The molecule has 0 aliphatic carbocycles. The van der Waals surface area contributed by atoms with Crippen molar-refractivity contribution in [2.45, 2.75) is 31.5 Å². The van der Waals surface area contributed by atoms with E-state index in [1.165, 1.54) is 48.8 Å². The number of hydrogen-bond acceptors (Lipinski definition) is 0. The van der Waals surface area contributed by atoms with Crippen molar-refractivity contribution in [3.05, 3.63) is 107 Å². The van der Waals surface area contributed by atoms with Crippen molar-refractivity contribution < 1.29 is 39.5 Å². The summed E-state index contributed by atoms with van der Waals surface area (Å²) in [6, 6.07) is 13.6. The number of rotatable bonds is 5. The molecular weight excluding hydrogens is 509 g/mol. The van der Waals surface area contributed by atoms with Gasteiger partial charge in [-0.25, -0.2) is 0 Å². The van der Waals surface area contributed by atoms with E-state index in [0.29, 0.717) is 5.56 Å². The highest BCUT2D eigenvalue weighted by Crippen LogP contribution is 2.39. The lowest BCUT2D eigenvalue weighted by molar-refractivity contribution is -0.138. The fraction of sp³-hybridized carbons (Fsp3) is 0.185. The van der Waals surface area contributed by atoms with Gasteiger partial charge in [0, 0.05) is 30.1 Å². The van der Waals surface area contributed by atoms with Gasteiger partial charge in [-0.2, -0.15) is 39.5 Å². The molecule has 4 aromatic rings. The van der Waals surface area contributed by atoms with Gasteiger partial charge in [0.1, 0.15) is 0 Å². The normalized spacial score (nSPS) is 12.7. The predicted molar refractivity (Wildman–Crippen MR) is 120 cm³/mol. The van der Waals surface area contributed by atoms with Crippen molar-refractivity contribution in [3.63, 3.8) is 0 Å². The van der Waals surface area contributed by atoms with Crippen LogP contribution in [0.25, 0.3) is 22.3 Å². The van der Waals surface area contributed by atoms with Gasteiger partial charge in [-0.3, -0.25) is 0 Å². The van der Waals surface area contributed by atoms with Gasteiger partial charge in [-0.1, -0.05) is 42.5 Å². The van der Waals surface area contributed by atoms with Crippen LogP contribution >= 0.6 is 0 Å². The van der Waals surface area contributed by atoms with Crippen molar-refractivity contribution in [2.75, 3.05) is 0 Å². The summed E-state index contributed by atoms with van der Waals surface area (Å²) in [7, 11) is 0. The van der Waals surface area contributed by atoms with Gasteiger partial charge in [-0.15, -0.1) is 0 Å². The molecule has 37 heavy (non-hydrogen) atoms. The van der Waals surface area contributed by atoms with Crippen LogP contribution in [0.3, 0.4) is 0 Å². The molecule has 194 valence electrons. The summed E-state index contributed by atoms with van der Waals surface area (Å²) in [4.78, 5) is 0. The second-order valence-electron chi connectivity index (χ2n) is 8.43. The maximum atomic E-state index is 13.3. The Labute approximate surface area is 205 Å². The predicted octanol–water partition coefficient (Wildman–Crippen LogP) is 9.12. The summed E-state index contributed by atoms with van der Waals surface area (Å²) < 4.78 is 121. The summed E-state index contributed by atoms with van der Waals surface area (Å²) >= 11 is 0. The van der Waals surface area contributed by atoms with Crippen molar-refractivity contribution in [1.82, 2.24) is 4.57 Å². The van der Waals surface area contributed by atoms with Gasteiger partial charge in [0.25, 0.3) is 0 Å². The number of halogens is 9. The number of aromatic nitrogens is 1. The van der Waals surface area contributed by atoms with E-state index in [4.69, 9.17) is 0 Å². The van der Waals surface area contributed by atoms with Crippen LogP contribution < -0.4 is 0 Å². The Bertz CT molecular complexity index is 1320. The van der Waals surface area contributed by atoms with Gasteiger partial charge in [0.15, 0.2) is 0 Å². The van der Waals surface area contributed by atoms with E-state index in [1.54, 1.807) is 4.57 Å². The van der Waals surface area contributed by atoms with Crippen molar-refractivity contribution >= 4 is 0 Å². The van der Waals surface area contributed by atoms with E-state index in [9.17, 15) is 39.5 Å². The van der Waals surface area contributed by atoms with E-state index >= 15 is 0 Å². The van der Waals surface area contributed by atoms with E-state index < -0.39 is 35.2 Å². The number of alkyl halides is 9. The average molecular weight is 527 g/mol. The van der Waals surface area contributed by atoms with Crippen molar-refractivity contribution in [2.24, 2.45) is 0 Å². The molecule has 1 aromatic heterocycles. The van der Waals surface area contributed by atoms with Gasteiger partial charge in [0.05, 0.1) is 16.7 Å². The molecule has 1 nitrogen and oxygen atoms in total. The maximum absolute atomic E-state index is 13.3. The first kappa shape index (κ1) is 26.4. The molecule has 0 atom stereocenters. The first-order valence-electron chi connectivity index (χ1n) is 10.9. The number of hydrogen-bond donors (Lipinski definition) is 0. The molecule has 4 rings (SSSR count). The van der Waals surface area contributed by atoms with Gasteiger partial charge in [-0.05, 0) is 53.4 Å². The van der Waals surface area contributed by atoms with Gasteiger partial charge < -0.3 is 4.57 Å². The van der Waals surface area contributed by atoms with E-state index in [2.05, 4.69) is 0 Å². The van der Waals surface area contributed by atoms with Crippen LogP contribution in [0.2, 0.25) is 0 Å². The van der Waals surface area contributed by atoms with Crippen LogP contribution in [0.1, 0.15) is 22.3 Å². The Morgan fingerprint density at radius 1 is 0.514 bits per heavy atom. The molecule has 0 fully saturated rings. The monoisotopic (exact) mass is 527 g/mol. The fourth-order valence-electron chi connectivity index (χ4n) is 3.98. The zero-order chi connectivity index (χ0) is 27.0. The third kappa shape index (κ3) is 6.18. The molecule has 0 saturated carbocycles. The van der Waals surface area contributed by atoms with Gasteiger partial charge in [0.2, 0.25) is 0 Å². The SMILES string of the molecule is FC(F)(F)c1cccc(CCn2cc(-c3cccc(C(F)(F)F)c3)c(-c3cccc(C(F)(F)F)c3)c2)c1. The molecule has 0 aliphatic rings. The van der Waals surface area contributed by atoms with Crippen molar-refractivity contribution in [1.29, 1.82) is 0 Å². The minimum Gasteiger partial charge on any atom is -0.353 e. The number of aryl methyl sites for hydroxylation is 2. The van der Waals surface area contributed by atoms with E-state index in [0.717, 1.165) is 36.4 Å². The molecule has 0 saturated heterocycles. The first-order valence-corrected chi connectivity index (χ1v) is 10.9. The van der Waals surface area contributed by atoms with Crippen LogP contribution in [0.5, 0.6) is 0 Å². The molecule has 0 amide bonds. The molecule has 0 aliphatic heterocycles. The summed E-state index contributed by atoms with van der Waals surface area (Å²) in [5.41, 5.74) is -1.48. The zero-order valence-corrected chi connectivity index (χ0v) is 18.8. The molecule has 0 N–H and O–H groups in total. The van der Waals surface area contributed by atoms with Crippen LogP contribution in [-0.2, 0) is 31.5 Å².